The fourth-order valence-electron chi connectivity index (χ4n) is 1.29. The van der Waals surface area contributed by atoms with Gasteiger partial charge in [-0.3, -0.25) is 0 Å². The molecule has 0 saturated carbocycles. The molecule has 90 valence electrons. The lowest BCUT2D eigenvalue weighted by Gasteiger charge is -2.05. The quantitative estimate of drug-likeness (QED) is 0.815. The topological polar surface area (TPSA) is 65.0 Å². The summed E-state index contributed by atoms with van der Waals surface area (Å²) in [5, 5.41) is 0.997. The van der Waals surface area contributed by atoms with Gasteiger partial charge in [0.25, 0.3) is 10.0 Å². The van der Waals surface area contributed by atoms with Crippen LogP contribution in [-0.4, -0.2) is 21.7 Å². The van der Waals surface area contributed by atoms with Crippen molar-refractivity contribution in [3.63, 3.8) is 0 Å². The van der Waals surface area contributed by atoms with Crippen molar-refractivity contribution >= 4 is 16.2 Å². The summed E-state index contributed by atoms with van der Waals surface area (Å²) < 4.78 is 35.5. The summed E-state index contributed by atoms with van der Waals surface area (Å²) in [6.45, 7) is 0.289. The van der Waals surface area contributed by atoms with E-state index < -0.39 is 10.0 Å². The van der Waals surface area contributed by atoms with Crippen molar-refractivity contribution in [3.05, 3.63) is 41.0 Å². The zero-order valence-corrected chi connectivity index (χ0v) is 9.98. The molecule has 1 aromatic rings. The van der Waals surface area contributed by atoms with Gasteiger partial charge in [-0.15, -0.1) is 0 Å². The number of nitrogens with zero attached hydrogens (tertiary/aromatic N) is 1. The Morgan fingerprint density at radius 1 is 1.24 bits per heavy atom. The highest BCUT2D eigenvalue weighted by Gasteiger charge is 2.13. The number of rotatable bonds is 4. The van der Waals surface area contributed by atoms with Gasteiger partial charge in [0.2, 0.25) is 0 Å². The minimum atomic E-state index is -3.45. The smallest absolute Gasteiger partial charge is 0.279 e. The number of methoxy groups -OCH3 is 1. The van der Waals surface area contributed by atoms with E-state index in [1.165, 1.54) is 6.21 Å². The van der Waals surface area contributed by atoms with Crippen molar-refractivity contribution in [2.24, 2.45) is 4.40 Å². The number of allylic oxidation sites excluding steroid dienone is 1. The first-order valence-electron chi connectivity index (χ1n) is 4.87. The molecular weight excluding hydrogens is 242 g/mol. The largest absolute Gasteiger partial charge is 0.497 e. The zero-order chi connectivity index (χ0) is 12.3. The number of ether oxygens (including phenoxy) is 2. The Morgan fingerprint density at radius 2 is 1.94 bits per heavy atom. The number of hydrogen-bond acceptors (Lipinski definition) is 4. The summed E-state index contributed by atoms with van der Waals surface area (Å²) >= 11 is 0. The fourth-order valence-corrected chi connectivity index (χ4v) is 2.03. The van der Waals surface area contributed by atoms with Crippen LogP contribution in [0.15, 0.2) is 39.8 Å². The molecule has 0 bridgehead atoms. The van der Waals surface area contributed by atoms with Crippen LogP contribution in [0.3, 0.4) is 0 Å². The standard InChI is InChI=1S/C11H11NO4S/c1-15-10-4-2-9(3-5-10)7-16-11-6-12-17(13,14)8-11/h2-6,8H,7H2,1H3. The Labute approximate surface area is 99.4 Å². The molecule has 0 saturated heterocycles. The van der Waals surface area contributed by atoms with Gasteiger partial charge in [-0.05, 0) is 17.7 Å². The van der Waals surface area contributed by atoms with E-state index in [-0.39, 0.29) is 12.4 Å². The Hall–Kier alpha value is -1.82. The molecule has 0 unspecified atom stereocenters. The van der Waals surface area contributed by atoms with Crippen molar-refractivity contribution < 1.29 is 17.9 Å². The third kappa shape index (κ3) is 3.07. The van der Waals surface area contributed by atoms with Crippen molar-refractivity contribution in [1.82, 2.24) is 0 Å². The first-order valence-corrected chi connectivity index (χ1v) is 6.37. The van der Waals surface area contributed by atoms with Crippen molar-refractivity contribution in [3.8, 4) is 5.75 Å². The highest BCUT2D eigenvalue weighted by atomic mass is 32.2. The number of hydrogen-bond donors (Lipinski definition) is 0. The molecular formula is C11H11NO4S. The maximum absolute atomic E-state index is 11.0. The van der Waals surface area contributed by atoms with E-state index in [9.17, 15) is 8.42 Å². The van der Waals surface area contributed by atoms with E-state index in [1.807, 2.05) is 24.3 Å². The van der Waals surface area contributed by atoms with Gasteiger partial charge in [-0.1, -0.05) is 12.1 Å². The van der Waals surface area contributed by atoms with E-state index >= 15 is 0 Å². The average molecular weight is 253 g/mol. The molecule has 0 aromatic heterocycles. The van der Waals surface area contributed by atoms with Gasteiger partial charge in [0.15, 0.2) is 5.76 Å². The van der Waals surface area contributed by atoms with Crippen molar-refractivity contribution in [2.45, 2.75) is 6.61 Å². The van der Waals surface area contributed by atoms with E-state index in [4.69, 9.17) is 9.47 Å². The van der Waals surface area contributed by atoms with Gasteiger partial charge in [-0.2, -0.15) is 12.8 Å². The molecule has 0 radical (unpaired) electrons. The Bertz CT molecular complexity index is 558. The molecule has 5 nitrogen and oxygen atoms in total. The van der Waals surface area contributed by atoms with E-state index in [0.29, 0.717) is 0 Å². The molecule has 17 heavy (non-hydrogen) atoms. The lowest BCUT2D eigenvalue weighted by molar-refractivity contribution is 0.220. The van der Waals surface area contributed by atoms with Gasteiger partial charge in [0.1, 0.15) is 12.4 Å². The van der Waals surface area contributed by atoms with Crippen molar-refractivity contribution in [1.29, 1.82) is 0 Å². The monoisotopic (exact) mass is 253 g/mol. The zero-order valence-electron chi connectivity index (χ0n) is 9.16. The lowest BCUT2D eigenvalue weighted by atomic mass is 10.2. The highest BCUT2D eigenvalue weighted by Crippen LogP contribution is 2.15. The van der Waals surface area contributed by atoms with Gasteiger partial charge in [0, 0.05) is 0 Å². The molecule has 0 amide bonds. The molecule has 0 spiro atoms. The van der Waals surface area contributed by atoms with Crippen LogP contribution in [0, 0.1) is 0 Å². The number of sulfonamides is 1. The van der Waals surface area contributed by atoms with Crippen LogP contribution in [0.2, 0.25) is 0 Å². The lowest BCUT2D eigenvalue weighted by Crippen LogP contribution is -1.93. The minimum Gasteiger partial charge on any atom is -0.497 e. The summed E-state index contributed by atoms with van der Waals surface area (Å²) in [6, 6.07) is 7.32. The molecule has 0 N–H and O–H groups in total. The molecule has 6 heteroatoms. The Morgan fingerprint density at radius 3 is 2.47 bits per heavy atom. The first-order chi connectivity index (χ1) is 8.09. The molecule has 1 heterocycles. The van der Waals surface area contributed by atoms with E-state index in [0.717, 1.165) is 16.7 Å². The van der Waals surface area contributed by atoms with Crippen molar-refractivity contribution in [2.75, 3.05) is 7.11 Å². The maximum atomic E-state index is 11.0. The fraction of sp³-hybridized carbons (Fsp3) is 0.182. The van der Waals surface area contributed by atoms with E-state index in [2.05, 4.69) is 4.40 Å². The van der Waals surface area contributed by atoms with Crippen LogP contribution in [0.1, 0.15) is 5.56 Å². The van der Waals surface area contributed by atoms with Gasteiger partial charge >= 0.3 is 0 Å². The Kier molecular flexibility index (Phi) is 3.14. The first kappa shape index (κ1) is 11.7. The van der Waals surface area contributed by atoms with Crippen LogP contribution in [0.25, 0.3) is 0 Å². The Balaban J connectivity index is 1.97. The molecule has 0 aliphatic carbocycles. The van der Waals surface area contributed by atoms with Crippen LogP contribution in [0.4, 0.5) is 0 Å². The minimum absolute atomic E-state index is 0.251. The second-order valence-corrected chi connectivity index (χ2v) is 4.88. The summed E-state index contributed by atoms with van der Waals surface area (Å²) in [6.07, 6.45) is 1.19. The average Bonchev–Trinajstić information content (AvgIpc) is 2.67. The highest BCUT2D eigenvalue weighted by molar-refractivity contribution is 7.93. The van der Waals surface area contributed by atoms with Crippen LogP contribution in [-0.2, 0) is 21.4 Å². The molecule has 1 aliphatic rings. The summed E-state index contributed by atoms with van der Waals surface area (Å²) in [5.41, 5.74) is 0.921. The molecule has 0 fully saturated rings. The molecule has 2 rings (SSSR count). The molecule has 0 atom stereocenters. The molecule has 1 aliphatic heterocycles. The molecule has 1 aromatic carbocycles. The summed E-state index contributed by atoms with van der Waals surface area (Å²) in [7, 11) is -1.85. The SMILES string of the molecule is COc1ccc(COC2=CS(=O)(=O)N=C2)cc1. The second kappa shape index (κ2) is 4.58. The third-order valence-corrected chi connectivity index (χ3v) is 3.09. The predicted molar refractivity (Wildman–Crippen MR) is 63.3 cm³/mol. The second-order valence-electron chi connectivity index (χ2n) is 3.41. The van der Waals surface area contributed by atoms with Gasteiger partial charge in [0.05, 0.1) is 18.7 Å². The summed E-state index contributed by atoms with van der Waals surface area (Å²) in [5.74, 6) is 1.01. The van der Waals surface area contributed by atoms with Gasteiger partial charge in [-0.25, -0.2) is 0 Å². The van der Waals surface area contributed by atoms with Crippen LogP contribution < -0.4 is 4.74 Å². The summed E-state index contributed by atoms with van der Waals surface area (Å²) in [4.78, 5) is 0. The maximum Gasteiger partial charge on any atom is 0.279 e. The van der Waals surface area contributed by atoms with Crippen LogP contribution in [0.5, 0.6) is 5.75 Å². The predicted octanol–water partition coefficient (Wildman–Crippen LogP) is 1.47. The van der Waals surface area contributed by atoms with Crippen LogP contribution >= 0.6 is 0 Å². The van der Waals surface area contributed by atoms with E-state index in [1.54, 1.807) is 7.11 Å². The number of benzene rings is 1. The third-order valence-electron chi connectivity index (χ3n) is 2.16. The van der Waals surface area contributed by atoms with Gasteiger partial charge < -0.3 is 9.47 Å². The normalized spacial score (nSPS) is 16.6.